The van der Waals surface area contributed by atoms with Crippen LogP contribution in [0.4, 0.5) is 4.39 Å². The lowest BCUT2D eigenvalue weighted by molar-refractivity contribution is 0.616. The number of hydrogen-bond acceptors (Lipinski definition) is 3. The van der Waals surface area contributed by atoms with E-state index in [0.717, 1.165) is 5.56 Å². The third-order valence-corrected chi connectivity index (χ3v) is 2.97. The fourth-order valence-corrected chi connectivity index (χ4v) is 1.96. The van der Waals surface area contributed by atoms with Gasteiger partial charge in [-0.25, -0.2) is 4.39 Å². The van der Waals surface area contributed by atoms with E-state index in [1.165, 1.54) is 10.7 Å². The maximum atomic E-state index is 13.4. The van der Waals surface area contributed by atoms with Gasteiger partial charge >= 0.3 is 0 Å². The Morgan fingerprint density at radius 1 is 1.50 bits per heavy atom. The van der Waals surface area contributed by atoms with Crippen molar-refractivity contribution in [3.8, 4) is 5.69 Å². The predicted octanol–water partition coefficient (Wildman–Crippen LogP) is 2.61. The predicted molar refractivity (Wildman–Crippen MR) is 61.1 cm³/mol. The van der Waals surface area contributed by atoms with Gasteiger partial charge in [-0.15, -0.1) is 16.7 Å². The molecule has 0 spiro atoms. The van der Waals surface area contributed by atoms with E-state index in [2.05, 4.69) is 31.5 Å². The van der Waals surface area contributed by atoms with Gasteiger partial charge in [-0.1, -0.05) is 0 Å². The molecule has 4 nitrogen and oxygen atoms in total. The third kappa shape index (κ3) is 1.94. The molecule has 1 aromatic heterocycles. The number of aryl methyl sites for hydroxylation is 1. The summed E-state index contributed by atoms with van der Waals surface area (Å²) in [4.78, 5) is 0. The zero-order chi connectivity index (χ0) is 11.7. The smallest absolute Gasteiger partial charge is 0.171 e. The highest BCUT2D eigenvalue weighted by Crippen LogP contribution is 2.23. The minimum absolute atomic E-state index is 0.171. The summed E-state index contributed by atoms with van der Waals surface area (Å²) in [5.41, 5.74) is 1.44. The van der Waals surface area contributed by atoms with Gasteiger partial charge < -0.3 is 0 Å². The SMILES string of the molecule is Cc1cc(Br)c(F)cc1-n1nnnc1CCl. The molecule has 16 heavy (non-hydrogen) atoms. The molecule has 0 saturated carbocycles. The highest BCUT2D eigenvalue weighted by Gasteiger charge is 2.12. The first-order valence-electron chi connectivity index (χ1n) is 4.42. The summed E-state index contributed by atoms with van der Waals surface area (Å²) in [5, 5.41) is 11.0. The van der Waals surface area contributed by atoms with Crippen LogP contribution in [0, 0.1) is 12.7 Å². The van der Waals surface area contributed by atoms with E-state index in [9.17, 15) is 4.39 Å². The molecule has 84 valence electrons. The van der Waals surface area contributed by atoms with Gasteiger partial charge in [0.25, 0.3) is 0 Å². The Bertz CT molecular complexity index is 528. The fraction of sp³-hybridized carbons (Fsp3) is 0.222. The van der Waals surface area contributed by atoms with E-state index in [0.29, 0.717) is 16.0 Å². The first kappa shape index (κ1) is 11.5. The van der Waals surface area contributed by atoms with Gasteiger partial charge in [0, 0.05) is 6.07 Å². The zero-order valence-corrected chi connectivity index (χ0v) is 10.6. The van der Waals surface area contributed by atoms with Crippen LogP contribution in [-0.2, 0) is 5.88 Å². The summed E-state index contributed by atoms with van der Waals surface area (Å²) < 4.78 is 15.3. The van der Waals surface area contributed by atoms with Gasteiger partial charge in [-0.3, -0.25) is 0 Å². The summed E-state index contributed by atoms with van der Waals surface area (Å²) in [6.45, 7) is 1.85. The zero-order valence-electron chi connectivity index (χ0n) is 8.28. The molecule has 0 radical (unpaired) electrons. The molecule has 1 heterocycles. The van der Waals surface area contributed by atoms with Crippen molar-refractivity contribution >= 4 is 27.5 Å². The van der Waals surface area contributed by atoms with Crippen molar-refractivity contribution in [3.63, 3.8) is 0 Å². The molecule has 2 aromatic rings. The third-order valence-electron chi connectivity index (χ3n) is 2.12. The van der Waals surface area contributed by atoms with Crippen LogP contribution >= 0.6 is 27.5 Å². The molecule has 0 atom stereocenters. The van der Waals surface area contributed by atoms with Crippen molar-refractivity contribution in [1.82, 2.24) is 20.2 Å². The van der Waals surface area contributed by atoms with E-state index in [1.54, 1.807) is 6.07 Å². The molecule has 0 unspecified atom stereocenters. The number of halogens is 3. The quantitative estimate of drug-likeness (QED) is 0.801. The molecule has 0 fully saturated rings. The van der Waals surface area contributed by atoms with Crippen LogP contribution in [0.2, 0.25) is 0 Å². The van der Waals surface area contributed by atoms with Crippen LogP contribution in [0.5, 0.6) is 0 Å². The second-order valence-corrected chi connectivity index (χ2v) is 4.31. The van der Waals surface area contributed by atoms with Gasteiger partial charge in [0.05, 0.1) is 16.0 Å². The Balaban J connectivity index is 2.60. The minimum atomic E-state index is -0.364. The Morgan fingerprint density at radius 3 is 2.94 bits per heavy atom. The minimum Gasteiger partial charge on any atom is -0.206 e. The van der Waals surface area contributed by atoms with Crippen LogP contribution in [0.3, 0.4) is 0 Å². The number of aromatic nitrogens is 4. The normalized spacial score (nSPS) is 10.8. The van der Waals surface area contributed by atoms with Crippen LogP contribution < -0.4 is 0 Å². The van der Waals surface area contributed by atoms with Gasteiger partial charge in [-0.2, -0.15) is 4.68 Å². The van der Waals surface area contributed by atoms with Crippen LogP contribution in [0.15, 0.2) is 16.6 Å². The van der Waals surface area contributed by atoms with E-state index in [4.69, 9.17) is 11.6 Å². The number of alkyl halides is 1. The van der Waals surface area contributed by atoms with Crippen molar-refractivity contribution < 1.29 is 4.39 Å². The van der Waals surface area contributed by atoms with Crippen molar-refractivity contribution in [2.24, 2.45) is 0 Å². The molecule has 1 aromatic carbocycles. The Hall–Kier alpha value is -1.01. The Labute approximate surface area is 105 Å². The van der Waals surface area contributed by atoms with Gasteiger partial charge in [-0.05, 0) is 44.9 Å². The summed E-state index contributed by atoms with van der Waals surface area (Å²) >= 11 is 8.80. The highest BCUT2D eigenvalue weighted by molar-refractivity contribution is 9.10. The number of tetrazole rings is 1. The summed E-state index contributed by atoms with van der Waals surface area (Å²) in [5.74, 6) is 0.285. The Morgan fingerprint density at radius 2 is 2.25 bits per heavy atom. The number of benzene rings is 1. The van der Waals surface area contributed by atoms with Crippen molar-refractivity contribution in [3.05, 3.63) is 33.8 Å². The van der Waals surface area contributed by atoms with E-state index < -0.39 is 0 Å². The average molecular weight is 306 g/mol. The first-order valence-corrected chi connectivity index (χ1v) is 5.75. The lowest BCUT2D eigenvalue weighted by Crippen LogP contribution is -2.04. The molecule has 7 heteroatoms. The molecule has 0 aliphatic carbocycles. The number of nitrogens with zero attached hydrogens (tertiary/aromatic N) is 4. The molecule has 0 N–H and O–H groups in total. The van der Waals surface area contributed by atoms with Crippen LogP contribution in [0.1, 0.15) is 11.4 Å². The summed E-state index contributed by atoms with van der Waals surface area (Å²) in [6.07, 6.45) is 0. The maximum Gasteiger partial charge on any atom is 0.171 e. The van der Waals surface area contributed by atoms with E-state index in [1.807, 2.05) is 6.92 Å². The summed E-state index contributed by atoms with van der Waals surface area (Å²) in [7, 11) is 0. The molecule has 2 rings (SSSR count). The van der Waals surface area contributed by atoms with Gasteiger partial charge in [0.1, 0.15) is 5.82 Å². The lowest BCUT2D eigenvalue weighted by atomic mass is 10.2. The molecule has 0 aliphatic heterocycles. The molecular weight excluding hydrogens is 298 g/mol. The maximum absolute atomic E-state index is 13.4. The average Bonchev–Trinajstić information content (AvgIpc) is 2.71. The largest absolute Gasteiger partial charge is 0.206 e. The molecule has 0 saturated heterocycles. The lowest BCUT2D eigenvalue weighted by Gasteiger charge is -2.07. The molecule has 0 aliphatic rings. The second-order valence-electron chi connectivity index (χ2n) is 3.19. The topological polar surface area (TPSA) is 43.6 Å². The fourth-order valence-electron chi connectivity index (χ4n) is 1.34. The van der Waals surface area contributed by atoms with Crippen molar-refractivity contribution in [2.45, 2.75) is 12.8 Å². The number of hydrogen-bond donors (Lipinski definition) is 0. The van der Waals surface area contributed by atoms with Crippen LogP contribution in [-0.4, -0.2) is 20.2 Å². The molecule has 0 bridgehead atoms. The van der Waals surface area contributed by atoms with E-state index in [-0.39, 0.29) is 11.7 Å². The molecular formula is C9H7BrClFN4. The van der Waals surface area contributed by atoms with Gasteiger partial charge in [0.15, 0.2) is 5.82 Å². The van der Waals surface area contributed by atoms with Crippen molar-refractivity contribution in [1.29, 1.82) is 0 Å². The first-order chi connectivity index (χ1) is 7.63. The van der Waals surface area contributed by atoms with Crippen molar-refractivity contribution in [2.75, 3.05) is 0 Å². The van der Waals surface area contributed by atoms with Gasteiger partial charge in [0.2, 0.25) is 0 Å². The van der Waals surface area contributed by atoms with Crippen LogP contribution in [0.25, 0.3) is 5.69 Å². The summed E-state index contributed by atoms with van der Waals surface area (Å²) in [6, 6.07) is 3.04. The van der Waals surface area contributed by atoms with E-state index >= 15 is 0 Å². The Kier molecular flexibility index (Phi) is 3.20. The monoisotopic (exact) mass is 304 g/mol. The standard InChI is InChI=1S/C9H7BrClFN4/c1-5-2-6(10)7(12)3-8(5)16-9(4-11)13-14-15-16/h2-3H,4H2,1H3. The number of rotatable bonds is 2. The molecule has 0 amide bonds. The second kappa shape index (κ2) is 4.47. The highest BCUT2D eigenvalue weighted by atomic mass is 79.9.